The summed E-state index contributed by atoms with van der Waals surface area (Å²) >= 11 is 0. The number of hydrogen-bond donors (Lipinski definition) is 3. The minimum absolute atomic E-state index is 0.0955. The van der Waals surface area contributed by atoms with E-state index < -0.39 is 5.60 Å². The Hall–Kier alpha value is -1.47. The predicted molar refractivity (Wildman–Crippen MR) is 113 cm³/mol. The standard InChI is InChI=1S/C23H35N3O4/c1-21-8-6-18-16(17(21)3-4-20(21)27)11-19(25-29)23(28)12-14(5-9-22(18,23)2)26-30-15-7-10-24-13-15/h15-18,24,28-29H,3-13H2,1-2H3/b25-19+,26-14-/t15-,16+,17+,18+,21+,22-,23+/m1/s1. The molecule has 0 unspecified atom stereocenters. The normalized spacial score (nSPS) is 51.0. The Labute approximate surface area is 178 Å². The Balaban J connectivity index is 1.43. The average molecular weight is 418 g/mol. The van der Waals surface area contributed by atoms with Gasteiger partial charge in [-0.3, -0.25) is 4.79 Å². The first-order valence-corrected chi connectivity index (χ1v) is 11.7. The van der Waals surface area contributed by atoms with E-state index >= 15 is 0 Å². The highest BCUT2D eigenvalue weighted by Gasteiger charge is 2.66. The molecule has 1 aliphatic heterocycles. The van der Waals surface area contributed by atoms with Gasteiger partial charge >= 0.3 is 0 Å². The fourth-order valence-corrected chi connectivity index (χ4v) is 7.72. The topological polar surface area (TPSA) is 104 Å². The summed E-state index contributed by atoms with van der Waals surface area (Å²) in [7, 11) is 0. The summed E-state index contributed by atoms with van der Waals surface area (Å²) in [5.74, 6) is 1.36. The SMILES string of the molecule is C[C@]12CC[C@H]3[C@@H](C/C(=N\O)[C@@]4(O)C/C(=N\O[C@@H]5CCNC5)CC[C@]34C)[C@@H]1CCC2=O. The molecule has 166 valence electrons. The van der Waals surface area contributed by atoms with Crippen molar-refractivity contribution in [3.8, 4) is 0 Å². The van der Waals surface area contributed by atoms with Crippen LogP contribution in [0.5, 0.6) is 0 Å². The Kier molecular flexibility index (Phi) is 4.78. The summed E-state index contributed by atoms with van der Waals surface area (Å²) in [6, 6.07) is 0. The van der Waals surface area contributed by atoms with Crippen molar-refractivity contribution in [1.29, 1.82) is 0 Å². The van der Waals surface area contributed by atoms with Crippen molar-refractivity contribution in [3.05, 3.63) is 0 Å². The van der Waals surface area contributed by atoms with Crippen LogP contribution < -0.4 is 5.32 Å². The largest absolute Gasteiger partial charge is 0.411 e. The highest BCUT2D eigenvalue weighted by atomic mass is 16.6. The second-order valence-electron chi connectivity index (χ2n) is 10.9. The number of fused-ring (bicyclic) bond motifs is 5. The number of ketones is 1. The third-order valence-electron chi connectivity index (χ3n) is 9.68. The fraction of sp³-hybridized carbons (Fsp3) is 0.870. The summed E-state index contributed by atoms with van der Waals surface area (Å²) in [5.41, 5.74) is -0.479. The minimum atomic E-state index is -1.20. The Morgan fingerprint density at radius 2 is 1.97 bits per heavy atom. The second kappa shape index (κ2) is 7.02. The lowest BCUT2D eigenvalue weighted by molar-refractivity contribution is -0.146. The van der Waals surface area contributed by atoms with Gasteiger partial charge in [-0.2, -0.15) is 0 Å². The summed E-state index contributed by atoms with van der Waals surface area (Å²) in [6.45, 7) is 6.07. The predicted octanol–water partition coefficient (Wildman–Crippen LogP) is 2.89. The molecule has 5 aliphatic rings. The maximum Gasteiger partial charge on any atom is 0.141 e. The van der Waals surface area contributed by atoms with E-state index in [0.717, 1.165) is 57.3 Å². The van der Waals surface area contributed by atoms with Gasteiger partial charge in [-0.15, -0.1) is 0 Å². The number of rotatable bonds is 2. The number of carbonyl (C=O) groups is 1. The molecule has 7 nitrogen and oxygen atoms in total. The van der Waals surface area contributed by atoms with E-state index in [-0.39, 0.29) is 16.9 Å². The molecule has 0 aromatic carbocycles. The summed E-state index contributed by atoms with van der Waals surface area (Å²) in [5, 5.41) is 33.2. The molecule has 4 aliphatic carbocycles. The molecule has 7 heteroatoms. The molecule has 0 aromatic heterocycles. The van der Waals surface area contributed by atoms with E-state index in [9.17, 15) is 15.1 Å². The number of Topliss-reactive ketones (excluding diaryl/α,β-unsaturated/α-hetero) is 1. The molecule has 7 atom stereocenters. The Bertz CT molecular complexity index is 791. The molecule has 0 amide bonds. The van der Waals surface area contributed by atoms with E-state index in [4.69, 9.17) is 4.84 Å². The van der Waals surface area contributed by atoms with Gasteiger partial charge in [0.05, 0.1) is 11.4 Å². The van der Waals surface area contributed by atoms with Crippen LogP contribution in [0, 0.1) is 28.6 Å². The van der Waals surface area contributed by atoms with Crippen LogP contribution in [0.4, 0.5) is 0 Å². The lowest BCUT2D eigenvalue weighted by atomic mass is 9.43. The molecule has 4 saturated carbocycles. The van der Waals surface area contributed by atoms with Crippen molar-refractivity contribution in [2.45, 2.75) is 83.3 Å². The number of oxime groups is 2. The van der Waals surface area contributed by atoms with Gasteiger partial charge in [-0.25, -0.2) is 0 Å². The van der Waals surface area contributed by atoms with E-state index in [2.05, 4.69) is 29.5 Å². The second-order valence-corrected chi connectivity index (χ2v) is 10.9. The maximum atomic E-state index is 12.6. The molecule has 1 heterocycles. The van der Waals surface area contributed by atoms with Crippen molar-refractivity contribution >= 4 is 17.2 Å². The number of aliphatic hydroxyl groups is 1. The van der Waals surface area contributed by atoms with Gasteiger partial charge in [0.25, 0.3) is 0 Å². The molecule has 0 radical (unpaired) electrons. The zero-order valence-corrected chi connectivity index (χ0v) is 18.2. The van der Waals surface area contributed by atoms with Gasteiger partial charge in [-0.1, -0.05) is 24.2 Å². The van der Waals surface area contributed by atoms with Crippen LogP contribution in [0.25, 0.3) is 0 Å². The Morgan fingerprint density at radius 1 is 1.13 bits per heavy atom. The highest BCUT2D eigenvalue weighted by molar-refractivity contribution is 6.00. The molecule has 5 rings (SSSR count). The van der Waals surface area contributed by atoms with E-state index in [1.165, 1.54) is 0 Å². The van der Waals surface area contributed by atoms with Gasteiger partial charge in [-0.05, 0) is 62.8 Å². The van der Waals surface area contributed by atoms with Gasteiger partial charge < -0.3 is 20.5 Å². The molecule has 0 spiro atoms. The van der Waals surface area contributed by atoms with Crippen molar-refractivity contribution in [1.82, 2.24) is 5.32 Å². The first-order valence-electron chi connectivity index (χ1n) is 11.7. The van der Waals surface area contributed by atoms with Crippen LogP contribution in [0.1, 0.15) is 71.6 Å². The number of nitrogens with zero attached hydrogens (tertiary/aromatic N) is 2. The molecule has 1 saturated heterocycles. The highest BCUT2D eigenvalue weighted by Crippen LogP contribution is 2.65. The molecule has 0 aromatic rings. The molecule has 5 fully saturated rings. The summed E-state index contributed by atoms with van der Waals surface area (Å²) < 4.78 is 0. The van der Waals surface area contributed by atoms with Crippen molar-refractivity contribution in [2.24, 2.45) is 38.9 Å². The average Bonchev–Trinajstić information content (AvgIpc) is 3.35. The third-order valence-corrected chi connectivity index (χ3v) is 9.68. The van der Waals surface area contributed by atoms with Gasteiger partial charge in [0.2, 0.25) is 0 Å². The lowest BCUT2D eigenvalue weighted by Gasteiger charge is -2.62. The van der Waals surface area contributed by atoms with Crippen LogP contribution in [-0.2, 0) is 9.63 Å². The first-order chi connectivity index (χ1) is 14.3. The van der Waals surface area contributed by atoms with Crippen LogP contribution in [0.3, 0.4) is 0 Å². The fourth-order valence-electron chi connectivity index (χ4n) is 7.72. The summed E-state index contributed by atoms with van der Waals surface area (Å²) in [6.07, 6.45) is 7.04. The van der Waals surface area contributed by atoms with Crippen LogP contribution in [0.15, 0.2) is 10.3 Å². The van der Waals surface area contributed by atoms with Crippen LogP contribution in [0.2, 0.25) is 0 Å². The quantitative estimate of drug-likeness (QED) is 0.473. The summed E-state index contributed by atoms with van der Waals surface area (Å²) in [4.78, 5) is 18.4. The maximum absolute atomic E-state index is 12.6. The smallest absolute Gasteiger partial charge is 0.141 e. The van der Waals surface area contributed by atoms with Crippen LogP contribution >= 0.6 is 0 Å². The third kappa shape index (κ3) is 2.73. The Morgan fingerprint density at radius 3 is 2.70 bits per heavy atom. The van der Waals surface area contributed by atoms with Gasteiger partial charge in [0.1, 0.15) is 17.5 Å². The molecule has 0 bridgehead atoms. The number of carbonyl (C=O) groups excluding carboxylic acids is 1. The monoisotopic (exact) mass is 417 g/mol. The first kappa shape index (κ1) is 20.4. The van der Waals surface area contributed by atoms with Crippen LogP contribution in [-0.4, -0.2) is 52.3 Å². The zero-order valence-electron chi connectivity index (χ0n) is 18.2. The van der Waals surface area contributed by atoms with Crippen molar-refractivity contribution in [3.63, 3.8) is 0 Å². The van der Waals surface area contributed by atoms with E-state index in [1.54, 1.807) is 0 Å². The number of hydrogen-bond acceptors (Lipinski definition) is 7. The number of nitrogens with one attached hydrogen (secondary N) is 1. The molecule has 30 heavy (non-hydrogen) atoms. The van der Waals surface area contributed by atoms with Gasteiger partial charge in [0.15, 0.2) is 0 Å². The molecular formula is C23H35N3O4. The molecular weight excluding hydrogens is 382 g/mol. The minimum Gasteiger partial charge on any atom is -0.411 e. The van der Waals surface area contributed by atoms with Crippen molar-refractivity contribution < 1.29 is 19.9 Å². The van der Waals surface area contributed by atoms with Gasteiger partial charge in [0, 0.05) is 36.6 Å². The lowest BCUT2D eigenvalue weighted by Crippen LogP contribution is -2.66. The van der Waals surface area contributed by atoms with E-state index in [0.29, 0.717) is 48.5 Å². The molecule has 3 N–H and O–H groups in total. The van der Waals surface area contributed by atoms with Crippen molar-refractivity contribution in [2.75, 3.05) is 13.1 Å². The zero-order chi connectivity index (χ0) is 21.1. The van der Waals surface area contributed by atoms with E-state index in [1.807, 2.05) is 0 Å².